The summed E-state index contributed by atoms with van der Waals surface area (Å²) in [5.74, 6) is 3.22. The van der Waals surface area contributed by atoms with Gasteiger partial charge in [-0.1, -0.05) is 34.1 Å². The van der Waals surface area contributed by atoms with Crippen molar-refractivity contribution in [2.45, 2.75) is 129 Å². The van der Waals surface area contributed by atoms with Gasteiger partial charge in [0, 0.05) is 11.8 Å². The van der Waals surface area contributed by atoms with Crippen molar-refractivity contribution in [3.05, 3.63) is 0 Å². The van der Waals surface area contributed by atoms with Crippen molar-refractivity contribution in [2.24, 2.45) is 46.3 Å². The normalized spacial score (nSPS) is 50.8. The molecule has 4 heteroatoms. The number of hydrogen-bond donors (Lipinski definition) is 4. The van der Waals surface area contributed by atoms with Crippen LogP contribution in [0.1, 0.15) is 106 Å². The highest BCUT2D eigenvalue weighted by molar-refractivity contribution is 5.17. The monoisotopic (exact) mass is 450 g/mol. The molecule has 4 nitrogen and oxygen atoms in total. The second-order valence-corrected chi connectivity index (χ2v) is 13.7. The van der Waals surface area contributed by atoms with Gasteiger partial charge in [-0.15, -0.1) is 0 Å². The third-order valence-electron chi connectivity index (χ3n) is 11.9. The zero-order chi connectivity index (χ0) is 23.7. The Balaban J connectivity index is 1.51. The van der Waals surface area contributed by atoms with E-state index in [-0.39, 0.29) is 5.41 Å². The van der Waals surface area contributed by atoms with E-state index in [9.17, 15) is 20.4 Å². The summed E-state index contributed by atoms with van der Waals surface area (Å²) in [7, 11) is 0. The summed E-state index contributed by atoms with van der Waals surface area (Å²) in [6.45, 7) is 13.2. The second-order valence-electron chi connectivity index (χ2n) is 13.7. The molecule has 0 aromatic rings. The largest absolute Gasteiger partial charge is 0.393 e. The summed E-state index contributed by atoms with van der Waals surface area (Å²) in [5, 5.41) is 43.5. The molecule has 4 N–H and O–H groups in total. The van der Waals surface area contributed by atoms with Gasteiger partial charge < -0.3 is 20.4 Å². The molecule has 0 spiro atoms. The quantitative estimate of drug-likeness (QED) is 0.479. The van der Waals surface area contributed by atoms with Crippen LogP contribution < -0.4 is 0 Å². The van der Waals surface area contributed by atoms with E-state index >= 15 is 0 Å². The molecule has 11 atom stereocenters. The zero-order valence-electron chi connectivity index (χ0n) is 21.5. The van der Waals surface area contributed by atoms with Crippen molar-refractivity contribution in [3.8, 4) is 0 Å². The van der Waals surface area contributed by atoms with Gasteiger partial charge in [0.25, 0.3) is 0 Å². The lowest BCUT2D eigenvalue weighted by molar-refractivity contribution is -0.264. The molecule has 0 radical (unpaired) electrons. The predicted octanol–water partition coefficient (Wildman–Crippen LogP) is 4.92. The highest BCUT2D eigenvalue weighted by atomic mass is 16.3. The maximum atomic E-state index is 11.6. The van der Waals surface area contributed by atoms with Crippen LogP contribution in [0.25, 0.3) is 0 Å². The van der Waals surface area contributed by atoms with Crippen molar-refractivity contribution in [2.75, 3.05) is 0 Å². The molecule has 0 heterocycles. The van der Waals surface area contributed by atoms with Gasteiger partial charge in [0.15, 0.2) is 0 Å². The molecule has 0 aliphatic heterocycles. The Kier molecular flexibility index (Phi) is 6.40. The van der Waals surface area contributed by atoms with Gasteiger partial charge in [-0.2, -0.15) is 0 Å². The molecule has 1 unspecified atom stereocenters. The minimum atomic E-state index is -1.14. The summed E-state index contributed by atoms with van der Waals surface area (Å²) >= 11 is 0. The molecule has 4 rings (SSSR count). The third kappa shape index (κ3) is 3.71. The second kappa shape index (κ2) is 8.21. The van der Waals surface area contributed by atoms with Crippen LogP contribution in [0.2, 0.25) is 0 Å². The Morgan fingerprint density at radius 1 is 0.938 bits per heavy atom. The van der Waals surface area contributed by atoms with Gasteiger partial charge >= 0.3 is 0 Å². The smallest absolute Gasteiger partial charge is 0.0985 e. The molecule has 4 aliphatic rings. The van der Waals surface area contributed by atoms with Gasteiger partial charge in [-0.3, -0.25) is 0 Å². The minimum Gasteiger partial charge on any atom is -0.393 e. The lowest BCUT2D eigenvalue weighted by atomic mass is 9.42. The molecule has 0 bridgehead atoms. The van der Waals surface area contributed by atoms with E-state index < -0.39 is 23.4 Å². The number of fused-ring (bicyclic) bond motifs is 5. The molecular weight excluding hydrogens is 400 g/mol. The number of aliphatic hydroxyl groups excluding tert-OH is 2. The Morgan fingerprint density at radius 3 is 2.28 bits per heavy atom. The maximum Gasteiger partial charge on any atom is 0.0985 e. The Hall–Kier alpha value is -0.160. The summed E-state index contributed by atoms with van der Waals surface area (Å²) in [4.78, 5) is 0. The summed E-state index contributed by atoms with van der Waals surface area (Å²) < 4.78 is 0. The minimum absolute atomic E-state index is 0.290. The van der Waals surface area contributed by atoms with E-state index in [0.29, 0.717) is 53.8 Å². The molecule has 4 fully saturated rings. The van der Waals surface area contributed by atoms with Crippen LogP contribution in [-0.2, 0) is 0 Å². The van der Waals surface area contributed by atoms with Gasteiger partial charge in [0.2, 0.25) is 0 Å². The fraction of sp³-hybridized carbons (Fsp3) is 1.00. The molecule has 0 saturated heterocycles. The third-order valence-corrected chi connectivity index (χ3v) is 11.9. The van der Waals surface area contributed by atoms with Crippen molar-refractivity contribution in [1.82, 2.24) is 0 Å². The van der Waals surface area contributed by atoms with Crippen LogP contribution >= 0.6 is 0 Å². The molecule has 4 aliphatic carbocycles. The van der Waals surface area contributed by atoms with Gasteiger partial charge in [0.1, 0.15) is 0 Å². The molecular formula is C28H50O4. The average Bonchev–Trinajstić information content (AvgIpc) is 3.05. The van der Waals surface area contributed by atoms with Crippen LogP contribution in [0, 0.1) is 46.3 Å². The zero-order valence-corrected chi connectivity index (χ0v) is 21.5. The summed E-state index contributed by atoms with van der Waals surface area (Å²) in [6, 6.07) is 0. The molecule has 4 saturated carbocycles. The topological polar surface area (TPSA) is 80.9 Å². The van der Waals surface area contributed by atoms with Crippen molar-refractivity contribution >= 4 is 0 Å². The molecule has 32 heavy (non-hydrogen) atoms. The number of aliphatic hydroxyl groups is 4. The fourth-order valence-corrected chi connectivity index (χ4v) is 9.30. The first-order chi connectivity index (χ1) is 14.7. The van der Waals surface area contributed by atoms with Crippen LogP contribution in [0.15, 0.2) is 0 Å². The molecule has 0 aromatic carbocycles. The highest BCUT2D eigenvalue weighted by Gasteiger charge is 2.67. The number of rotatable bonds is 5. The van der Waals surface area contributed by atoms with Crippen molar-refractivity contribution < 1.29 is 20.4 Å². The molecule has 186 valence electrons. The Labute approximate surface area is 196 Å². The van der Waals surface area contributed by atoms with Crippen LogP contribution in [-0.4, -0.2) is 43.8 Å². The van der Waals surface area contributed by atoms with E-state index in [1.807, 2.05) is 13.8 Å². The standard InChI is InChI=1S/C28H50O4/c1-17(7-8-18(2)25(3,4)31)21-9-10-22-20-15-24(30)28(32)16-19(29)11-14-27(28,6)23(20)12-13-26(21,22)5/h17-24,29-32H,7-16H2,1-6H3/t17-,18?,19+,20+,21-,22+,23+,24-,26-,27-,28+/m1/s1. The molecule has 0 amide bonds. The van der Waals surface area contributed by atoms with Gasteiger partial charge in [-0.05, 0) is 106 Å². The van der Waals surface area contributed by atoms with Crippen LogP contribution in [0.5, 0.6) is 0 Å². The van der Waals surface area contributed by atoms with Crippen molar-refractivity contribution in [3.63, 3.8) is 0 Å². The van der Waals surface area contributed by atoms with E-state index in [0.717, 1.165) is 25.7 Å². The lowest BCUT2D eigenvalue weighted by Crippen LogP contribution is -2.68. The summed E-state index contributed by atoms with van der Waals surface area (Å²) in [6.07, 6.45) is 8.50. The first-order valence-electron chi connectivity index (χ1n) is 13.5. The van der Waals surface area contributed by atoms with E-state index in [4.69, 9.17) is 0 Å². The lowest BCUT2D eigenvalue weighted by Gasteiger charge is -2.65. The first kappa shape index (κ1) is 24.9. The first-order valence-corrected chi connectivity index (χ1v) is 13.5. The highest BCUT2D eigenvalue weighted by Crippen LogP contribution is 2.69. The maximum absolute atomic E-state index is 11.6. The summed E-state index contributed by atoms with van der Waals surface area (Å²) in [5.41, 5.74) is -1.73. The van der Waals surface area contributed by atoms with Gasteiger partial charge in [0.05, 0.1) is 23.4 Å². The number of hydrogen-bond acceptors (Lipinski definition) is 4. The Bertz CT molecular complexity index is 687. The van der Waals surface area contributed by atoms with E-state index in [1.54, 1.807) is 0 Å². The van der Waals surface area contributed by atoms with Crippen LogP contribution in [0.4, 0.5) is 0 Å². The van der Waals surface area contributed by atoms with Crippen molar-refractivity contribution in [1.29, 1.82) is 0 Å². The van der Waals surface area contributed by atoms with Crippen LogP contribution in [0.3, 0.4) is 0 Å². The fourth-order valence-electron chi connectivity index (χ4n) is 9.30. The SMILES string of the molecule is CC(CC[C@@H](C)[C@H]1CC[C@H]2[C@@H]3C[C@@H](O)[C@@]4(O)C[C@@H](O)CC[C@]4(C)[C@H]3CC[C@]12C)C(C)(C)O. The van der Waals surface area contributed by atoms with Gasteiger partial charge in [-0.25, -0.2) is 0 Å². The molecule has 0 aromatic heterocycles. The Morgan fingerprint density at radius 2 is 1.62 bits per heavy atom. The van der Waals surface area contributed by atoms with E-state index in [2.05, 4.69) is 27.7 Å². The van der Waals surface area contributed by atoms with E-state index in [1.165, 1.54) is 25.7 Å². The average molecular weight is 451 g/mol. The predicted molar refractivity (Wildman–Crippen MR) is 128 cm³/mol.